The standard InChI is InChI=1S/C15H12ClN3O3S/c1-8-14(23-9(2)18-8)15(21)22-7-13(20)19-12-5-11(16)4-3-10(12)6-17/h3-5H,7H2,1-2H3,(H,19,20). The van der Waals surface area contributed by atoms with Gasteiger partial charge in [0.25, 0.3) is 5.91 Å². The van der Waals surface area contributed by atoms with Crippen LogP contribution in [0.15, 0.2) is 18.2 Å². The first kappa shape index (κ1) is 16.9. The van der Waals surface area contributed by atoms with Gasteiger partial charge in [0.15, 0.2) is 6.61 Å². The van der Waals surface area contributed by atoms with Gasteiger partial charge in [0.1, 0.15) is 10.9 Å². The first-order chi connectivity index (χ1) is 10.9. The summed E-state index contributed by atoms with van der Waals surface area (Å²) in [6.07, 6.45) is 0. The minimum Gasteiger partial charge on any atom is -0.451 e. The quantitative estimate of drug-likeness (QED) is 0.856. The number of rotatable bonds is 4. The lowest BCUT2D eigenvalue weighted by atomic mass is 10.2. The van der Waals surface area contributed by atoms with Crippen LogP contribution in [-0.2, 0) is 9.53 Å². The van der Waals surface area contributed by atoms with Gasteiger partial charge in [-0.2, -0.15) is 5.26 Å². The minimum absolute atomic E-state index is 0.267. The lowest BCUT2D eigenvalue weighted by Crippen LogP contribution is -2.21. The van der Waals surface area contributed by atoms with Crippen LogP contribution in [0.3, 0.4) is 0 Å². The monoisotopic (exact) mass is 349 g/mol. The van der Waals surface area contributed by atoms with Gasteiger partial charge in [-0.25, -0.2) is 9.78 Å². The second kappa shape index (κ2) is 7.22. The summed E-state index contributed by atoms with van der Waals surface area (Å²) in [4.78, 5) is 28.3. The van der Waals surface area contributed by atoms with Crippen molar-refractivity contribution in [1.82, 2.24) is 4.98 Å². The van der Waals surface area contributed by atoms with E-state index in [-0.39, 0.29) is 11.3 Å². The average Bonchev–Trinajstić information content (AvgIpc) is 2.84. The Kier molecular flexibility index (Phi) is 5.32. The summed E-state index contributed by atoms with van der Waals surface area (Å²) in [6, 6.07) is 6.44. The van der Waals surface area contributed by atoms with Gasteiger partial charge in [0.05, 0.1) is 22.0 Å². The highest BCUT2D eigenvalue weighted by Crippen LogP contribution is 2.21. The maximum absolute atomic E-state index is 11.9. The van der Waals surface area contributed by atoms with Crippen molar-refractivity contribution in [2.75, 3.05) is 11.9 Å². The molecule has 0 radical (unpaired) electrons. The Morgan fingerprint density at radius 1 is 1.43 bits per heavy atom. The number of thiazole rings is 1. The first-order valence-electron chi connectivity index (χ1n) is 6.51. The van der Waals surface area contributed by atoms with Gasteiger partial charge in [-0.15, -0.1) is 11.3 Å². The van der Waals surface area contributed by atoms with Crippen molar-refractivity contribution in [3.05, 3.63) is 44.4 Å². The Morgan fingerprint density at radius 2 is 2.17 bits per heavy atom. The second-order valence-corrected chi connectivity index (χ2v) is 6.21. The van der Waals surface area contributed by atoms with Crippen LogP contribution in [0.1, 0.15) is 25.9 Å². The van der Waals surface area contributed by atoms with Gasteiger partial charge in [0, 0.05) is 5.02 Å². The van der Waals surface area contributed by atoms with Crippen LogP contribution >= 0.6 is 22.9 Å². The van der Waals surface area contributed by atoms with Crippen molar-refractivity contribution in [2.24, 2.45) is 0 Å². The van der Waals surface area contributed by atoms with Gasteiger partial charge >= 0.3 is 5.97 Å². The number of nitrogens with zero attached hydrogens (tertiary/aromatic N) is 2. The molecule has 0 unspecified atom stereocenters. The van der Waals surface area contributed by atoms with E-state index in [2.05, 4.69) is 10.3 Å². The van der Waals surface area contributed by atoms with E-state index >= 15 is 0 Å². The second-order valence-electron chi connectivity index (χ2n) is 4.57. The number of halogens is 1. The number of anilines is 1. The van der Waals surface area contributed by atoms with E-state index in [0.717, 1.165) is 5.01 Å². The molecule has 1 aromatic heterocycles. The van der Waals surface area contributed by atoms with Crippen molar-refractivity contribution < 1.29 is 14.3 Å². The summed E-state index contributed by atoms with van der Waals surface area (Å²) in [5.41, 5.74) is 1.10. The molecule has 0 spiro atoms. The maximum atomic E-state index is 11.9. The zero-order valence-electron chi connectivity index (χ0n) is 12.3. The third-order valence-electron chi connectivity index (χ3n) is 2.80. The topological polar surface area (TPSA) is 92.1 Å². The lowest BCUT2D eigenvalue weighted by Gasteiger charge is -2.08. The normalized spacial score (nSPS) is 10.0. The number of hydrogen-bond acceptors (Lipinski definition) is 6. The van der Waals surface area contributed by atoms with E-state index in [9.17, 15) is 9.59 Å². The van der Waals surface area contributed by atoms with Gasteiger partial charge < -0.3 is 10.1 Å². The number of amides is 1. The molecule has 0 aliphatic carbocycles. The number of nitrogens with one attached hydrogen (secondary N) is 1. The van der Waals surface area contributed by atoms with Crippen molar-refractivity contribution in [3.8, 4) is 6.07 Å². The molecule has 6 nitrogen and oxygen atoms in total. The number of aryl methyl sites for hydroxylation is 2. The Labute approximate surface area is 141 Å². The third kappa shape index (κ3) is 4.28. The van der Waals surface area contributed by atoms with Crippen molar-refractivity contribution >= 4 is 40.5 Å². The molecule has 0 atom stereocenters. The van der Waals surface area contributed by atoms with Gasteiger partial charge in [-0.05, 0) is 32.0 Å². The van der Waals surface area contributed by atoms with E-state index in [1.807, 2.05) is 6.07 Å². The highest BCUT2D eigenvalue weighted by atomic mass is 35.5. The Morgan fingerprint density at radius 3 is 2.78 bits per heavy atom. The molecule has 1 heterocycles. The number of hydrogen-bond donors (Lipinski definition) is 1. The lowest BCUT2D eigenvalue weighted by molar-refractivity contribution is -0.119. The first-order valence-corrected chi connectivity index (χ1v) is 7.71. The number of nitriles is 1. The predicted octanol–water partition coefficient (Wildman–Crippen LogP) is 3.08. The molecular weight excluding hydrogens is 338 g/mol. The fourth-order valence-electron chi connectivity index (χ4n) is 1.82. The molecular formula is C15H12ClN3O3S. The van der Waals surface area contributed by atoms with Gasteiger partial charge in [-0.1, -0.05) is 11.6 Å². The predicted molar refractivity (Wildman–Crippen MR) is 86.7 cm³/mol. The molecule has 2 rings (SSSR count). The summed E-state index contributed by atoms with van der Waals surface area (Å²) in [6.45, 7) is 3.02. The van der Waals surface area contributed by atoms with E-state index in [1.54, 1.807) is 19.9 Å². The fraction of sp³-hybridized carbons (Fsp3) is 0.200. The zero-order valence-corrected chi connectivity index (χ0v) is 13.9. The zero-order chi connectivity index (χ0) is 17.0. The number of carbonyl (C=O) groups excluding carboxylic acids is 2. The average molecular weight is 350 g/mol. The highest BCUT2D eigenvalue weighted by molar-refractivity contribution is 7.13. The Hall–Kier alpha value is -2.43. The number of carbonyl (C=O) groups is 2. The molecule has 23 heavy (non-hydrogen) atoms. The van der Waals surface area contributed by atoms with Gasteiger partial charge in [-0.3, -0.25) is 4.79 Å². The van der Waals surface area contributed by atoms with Crippen molar-refractivity contribution in [1.29, 1.82) is 5.26 Å². The molecule has 0 saturated carbocycles. The highest BCUT2D eigenvalue weighted by Gasteiger charge is 2.17. The van der Waals surface area contributed by atoms with Crippen LogP contribution in [0, 0.1) is 25.2 Å². The van der Waals surface area contributed by atoms with Crippen LogP contribution in [0.2, 0.25) is 5.02 Å². The van der Waals surface area contributed by atoms with E-state index in [4.69, 9.17) is 21.6 Å². The van der Waals surface area contributed by atoms with Crippen LogP contribution in [0.4, 0.5) is 5.69 Å². The van der Waals surface area contributed by atoms with E-state index in [0.29, 0.717) is 15.6 Å². The summed E-state index contributed by atoms with van der Waals surface area (Å²) in [5, 5.41) is 12.6. The number of aromatic nitrogens is 1. The smallest absolute Gasteiger partial charge is 0.350 e. The molecule has 0 saturated heterocycles. The molecule has 2 aromatic rings. The fourth-order valence-corrected chi connectivity index (χ4v) is 2.81. The molecule has 1 aromatic carbocycles. The molecule has 1 N–H and O–H groups in total. The number of benzene rings is 1. The maximum Gasteiger partial charge on any atom is 0.350 e. The summed E-state index contributed by atoms with van der Waals surface area (Å²) in [7, 11) is 0. The Bertz CT molecular complexity index is 811. The third-order valence-corrected chi connectivity index (χ3v) is 4.09. The molecule has 0 bridgehead atoms. The van der Waals surface area contributed by atoms with Crippen molar-refractivity contribution in [3.63, 3.8) is 0 Å². The molecule has 1 amide bonds. The molecule has 8 heteroatoms. The van der Waals surface area contributed by atoms with Crippen LogP contribution in [0.25, 0.3) is 0 Å². The van der Waals surface area contributed by atoms with Crippen molar-refractivity contribution in [2.45, 2.75) is 13.8 Å². The van der Waals surface area contributed by atoms with Gasteiger partial charge in [0.2, 0.25) is 0 Å². The van der Waals surface area contributed by atoms with Crippen LogP contribution < -0.4 is 5.32 Å². The molecule has 118 valence electrons. The van der Waals surface area contributed by atoms with Crippen LogP contribution in [-0.4, -0.2) is 23.5 Å². The summed E-state index contributed by atoms with van der Waals surface area (Å²) >= 11 is 7.04. The SMILES string of the molecule is Cc1nc(C)c(C(=O)OCC(=O)Nc2cc(Cl)ccc2C#N)s1. The number of ether oxygens (including phenoxy) is 1. The Balaban J connectivity index is 1.98. The number of esters is 1. The minimum atomic E-state index is -0.602. The molecule has 0 aliphatic rings. The largest absolute Gasteiger partial charge is 0.451 e. The van der Waals surface area contributed by atoms with Crippen LogP contribution in [0.5, 0.6) is 0 Å². The summed E-state index contributed by atoms with van der Waals surface area (Å²) in [5.74, 6) is -1.16. The van der Waals surface area contributed by atoms with E-state index in [1.165, 1.54) is 23.5 Å². The molecule has 0 aliphatic heterocycles. The summed E-state index contributed by atoms with van der Waals surface area (Å²) < 4.78 is 4.96. The van der Waals surface area contributed by atoms with E-state index < -0.39 is 18.5 Å². The molecule has 0 fully saturated rings.